The van der Waals surface area contributed by atoms with Crippen LogP contribution in [0.1, 0.15) is 24.1 Å². The van der Waals surface area contributed by atoms with Gasteiger partial charge in [-0.05, 0) is 36.2 Å². The molecule has 1 fully saturated rings. The standard InChI is InChI=1S/C21H18ClF4N5O3/c1-11(12-6-13(21(24,25)26)8-14(7-12)31(32)33)27-19-15-9-18(30-2-4-34-5-3-30)16(23)10-17(15)28-20(22)29-19/h6-11H,2-5H2,1H3,(H,27,28,29)/t11-/m1/s1. The number of hydrogen-bond acceptors (Lipinski definition) is 7. The summed E-state index contributed by atoms with van der Waals surface area (Å²) in [7, 11) is 0. The molecule has 0 saturated carbocycles. The smallest absolute Gasteiger partial charge is 0.378 e. The van der Waals surface area contributed by atoms with Crippen molar-refractivity contribution in [1.82, 2.24) is 9.97 Å². The number of nitro benzene ring substituents is 1. The summed E-state index contributed by atoms with van der Waals surface area (Å²) in [6.07, 6.45) is -4.77. The molecule has 0 amide bonds. The van der Waals surface area contributed by atoms with Crippen LogP contribution in [0.5, 0.6) is 0 Å². The minimum absolute atomic E-state index is 0.0138. The second-order valence-electron chi connectivity index (χ2n) is 7.70. The number of nitrogens with zero attached hydrogens (tertiary/aromatic N) is 4. The molecule has 0 unspecified atom stereocenters. The number of halogens is 5. The van der Waals surface area contributed by atoms with E-state index in [2.05, 4.69) is 15.3 Å². The number of ether oxygens (including phenoxy) is 1. The third-order valence-electron chi connectivity index (χ3n) is 5.42. The van der Waals surface area contributed by atoms with Crippen molar-refractivity contribution in [2.45, 2.75) is 19.1 Å². The molecule has 1 saturated heterocycles. The van der Waals surface area contributed by atoms with Crippen LogP contribution in [0.3, 0.4) is 0 Å². The second kappa shape index (κ2) is 9.18. The van der Waals surface area contributed by atoms with Crippen molar-refractivity contribution in [2.24, 2.45) is 0 Å². The van der Waals surface area contributed by atoms with E-state index in [1.54, 1.807) is 4.90 Å². The molecule has 4 rings (SSSR count). The largest absolute Gasteiger partial charge is 0.416 e. The first-order chi connectivity index (χ1) is 16.0. The van der Waals surface area contributed by atoms with Gasteiger partial charge in [-0.25, -0.2) is 14.4 Å². The highest BCUT2D eigenvalue weighted by atomic mass is 35.5. The fourth-order valence-corrected chi connectivity index (χ4v) is 3.88. The molecule has 1 atom stereocenters. The molecule has 1 aromatic heterocycles. The SMILES string of the molecule is C[C@@H](Nc1nc(Cl)nc2cc(F)c(N3CCOCC3)cc12)c1cc([N+](=O)[O-])cc(C(F)(F)F)c1. The van der Waals surface area contributed by atoms with Crippen LogP contribution in [0, 0.1) is 15.9 Å². The van der Waals surface area contributed by atoms with Crippen molar-refractivity contribution < 1.29 is 27.2 Å². The molecule has 8 nitrogen and oxygen atoms in total. The third kappa shape index (κ3) is 4.97. The Morgan fingerprint density at radius 1 is 1.18 bits per heavy atom. The van der Waals surface area contributed by atoms with Gasteiger partial charge in [0.1, 0.15) is 11.6 Å². The third-order valence-corrected chi connectivity index (χ3v) is 5.59. The molecular formula is C21H18ClF4N5O3. The topological polar surface area (TPSA) is 93.4 Å². The van der Waals surface area contributed by atoms with E-state index in [-0.39, 0.29) is 22.2 Å². The number of rotatable bonds is 5. The summed E-state index contributed by atoms with van der Waals surface area (Å²) in [5.74, 6) is -0.367. The van der Waals surface area contributed by atoms with Crippen LogP contribution in [0.25, 0.3) is 10.9 Å². The Bertz CT molecular complexity index is 1250. The Hall–Kier alpha value is -3.25. The number of hydrogen-bond donors (Lipinski definition) is 1. The van der Waals surface area contributed by atoms with Crippen LogP contribution in [-0.2, 0) is 10.9 Å². The summed E-state index contributed by atoms with van der Waals surface area (Å²) < 4.78 is 60.0. The fraction of sp³-hybridized carbons (Fsp3) is 0.333. The molecule has 0 radical (unpaired) electrons. The van der Waals surface area contributed by atoms with Gasteiger partial charge in [-0.2, -0.15) is 13.2 Å². The minimum atomic E-state index is -4.77. The van der Waals surface area contributed by atoms with Crippen LogP contribution in [0.15, 0.2) is 30.3 Å². The molecule has 3 aromatic rings. The first-order valence-electron chi connectivity index (χ1n) is 10.2. The minimum Gasteiger partial charge on any atom is -0.378 e. The zero-order valence-electron chi connectivity index (χ0n) is 17.7. The van der Waals surface area contributed by atoms with Gasteiger partial charge < -0.3 is 15.0 Å². The molecule has 0 aliphatic carbocycles. The van der Waals surface area contributed by atoms with E-state index in [0.717, 1.165) is 12.1 Å². The van der Waals surface area contributed by atoms with Gasteiger partial charge in [-0.1, -0.05) is 0 Å². The number of morpholine rings is 1. The molecule has 0 spiro atoms. The van der Waals surface area contributed by atoms with E-state index in [4.69, 9.17) is 16.3 Å². The van der Waals surface area contributed by atoms with Crippen molar-refractivity contribution >= 4 is 39.7 Å². The van der Waals surface area contributed by atoms with Gasteiger partial charge in [0, 0.05) is 36.7 Å². The maximum atomic E-state index is 14.8. The summed E-state index contributed by atoms with van der Waals surface area (Å²) >= 11 is 6.00. The summed E-state index contributed by atoms with van der Waals surface area (Å²) in [5.41, 5.74) is -1.33. The highest BCUT2D eigenvalue weighted by Gasteiger charge is 2.33. The molecular weight excluding hydrogens is 482 g/mol. The summed E-state index contributed by atoms with van der Waals surface area (Å²) in [5, 5.41) is 14.3. The predicted molar refractivity (Wildman–Crippen MR) is 118 cm³/mol. The summed E-state index contributed by atoms with van der Waals surface area (Å²) in [6.45, 7) is 3.34. The van der Waals surface area contributed by atoms with Gasteiger partial charge in [0.2, 0.25) is 5.28 Å². The number of nitro groups is 1. The zero-order chi connectivity index (χ0) is 24.6. The van der Waals surface area contributed by atoms with Crippen molar-refractivity contribution in [3.63, 3.8) is 0 Å². The predicted octanol–water partition coefficient (Wildman–Crippen LogP) is 5.36. The Morgan fingerprint density at radius 3 is 2.53 bits per heavy atom. The molecule has 1 aliphatic heterocycles. The van der Waals surface area contributed by atoms with Gasteiger partial charge in [0.25, 0.3) is 5.69 Å². The quantitative estimate of drug-likeness (QED) is 0.219. The molecule has 2 heterocycles. The fourth-order valence-electron chi connectivity index (χ4n) is 3.71. The summed E-state index contributed by atoms with van der Waals surface area (Å²) in [6, 6.07) is 4.26. The van der Waals surface area contributed by atoms with Gasteiger partial charge in [-0.15, -0.1) is 0 Å². The molecule has 34 heavy (non-hydrogen) atoms. The first kappa shape index (κ1) is 23.9. The number of alkyl halides is 3. The number of aromatic nitrogens is 2. The van der Waals surface area contributed by atoms with E-state index in [1.165, 1.54) is 19.1 Å². The van der Waals surface area contributed by atoms with Crippen molar-refractivity contribution in [3.8, 4) is 0 Å². The number of fused-ring (bicyclic) bond motifs is 1. The van der Waals surface area contributed by atoms with Crippen LogP contribution >= 0.6 is 11.6 Å². The maximum absolute atomic E-state index is 14.8. The number of benzene rings is 2. The lowest BCUT2D eigenvalue weighted by molar-refractivity contribution is -0.385. The van der Waals surface area contributed by atoms with E-state index < -0.39 is 34.2 Å². The van der Waals surface area contributed by atoms with E-state index in [1.807, 2.05) is 0 Å². The average Bonchev–Trinajstić information content (AvgIpc) is 2.78. The van der Waals surface area contributed by atoms with Crippen LogP contribution in [-0.4, -0.2) is 41.2 Å². The van der Waals surface area contributed by atoms with Crippen LogP contribution < -0.4 is 10.2 Å². The molecule has 180 valence electrons. The molecule has 0 bridgehead atoms. The van der Waals surface area contributed by atoms with Crippen LogP contribution in [0.4, 0.5) is 34.8 Å². The average molecular weight is 500 g/mol. The van der Waals surface area contributed by atoms with Crippen molar-refractivity contribution in [1.29, 1.82) is 0 Å². The lowest BCUT2D eigenvalue weighted by Crippen LogP contribution is -2.36. The van der Waals surface area contributed by atoms with Gasteiger partial charge >= 0.3 is 6.18 Å². The Kier molecular flexibility index (Phi) is 6.45. The monoisotopic (exact) mass is 499 g/mol. The zero-order valence-corrected chi connectivity index (χ0v) is 18.5. The highest BCUT2D eigenvalue weighted by Crippen LogP contribution is 2.36. The Balaban J connectivity index is 1.75. The number of nitrogens with one attached hydrogen (secondary N) is 1. The van der Waals surface area contributed by atoms with Crippen molar-refractivity contribution in [3.05, 3.63) is 62.7 Å². The van der Waals surface area contributed by atoms with Crippen molar-refractivity contribution in [2.75, 3.05) is 36.5 Å². The van der Waals surface area contributed by atoms with Gasteiger partial charge in [-0.3, -0.25) is 10.1 Å². The van der Waals surface area contributed by atoms with E-state index in [0.29, 0.717) is 43.4 Å². The molecule has 1 aliphatic rings. The molecule has 1 N–H and O–H groups in total. The van der Waals surface area contributed by atoms with E-state index >= 15 is 0 Å². The molecule has 2 aromatic carbocycles. The lowest BCUT2D eigenvalue weighted by atomic mass is 10.0. The first-order valence-corrected chi connectivity index (χ1v) is 10.5. The normalized spacial score (nSPS) is 15.4. The maximum Gasteiger partial charge on any atom is 0.416 e. The number of anilines is 2. The second-order valence-corrected chi connectivity index (χ2v) is 8.03. The van der Waals surface area contributed by atoms with E-state index in [9.17, 15) is 27.7 Å². The van der Waals surface area contributed by atoms with Gasteiger partial charge in [0.05, 0.1) is 40.9 Å². The molecule has 13 heteroatoms. The van der Waals surface area contributed by atoms with Crippen LogP contribution in [0.2, 0.25) is 5.28 Å². The number of non-ortho nitro benzene ring substituents is 1. The van der Waals surface area contributed by atoms with Gasteiger partial charge in [0.15, 0.2) is 0 Å². The Morgan fingerprint density at radius 2 is 1.88 bits per heavy atom. The summed E-state index contributed by atoms with van der Waals surface area (Å²) in [4.78, 5) is 20.3. The Labute approximate surface area is 195 Å². The highest BCUT2D eigenvalue weighted by molar-refractivity contribution is 6.28. The lowest BCUT2D eigenvalue weighted by Gasteiger charge is -2.29.